The zero-order chi connectivity index (χ0) is 15.5. The van der Waals surface area contributed by atoms with E-state index in [2.05, 4.69) is 15.3 Å². The number of amides is 1. The first-order valence-corrected chi connectivity index (χ1v) is 7.57. The van der Waals surface area contributed by atoms with Crippen molar-refractivity contribution in [3.8, 4) is 0 Å². The quantitative estimate of drug-likeness (QED) is 0.945. The minimum atomic E-state index is 0.134. The van der Waals surface area contributed by atoms with E-state index in [1.165, 1.54) is 0 Å². The average Bonchev–Trinajstić information content (AvgIpc) is 3.00. The minimum Gasteiger partial charge on any atom is -0.336 e. The maximum atomic E-state index is 11.7. The van der Waals surface area contributed by atoms with Gasteiger partial charge in [-0.1, -0.05) is 6.07 Å². The van der Waals surface area contributed by atoms with E-state index < -0.39 is 0 Å². The van der Waals surface area contributed by atoms with Gasteiger partial charge in [0, 0.05) is 25.9 Å². The minimum absolute atomic E-state index is 0.134. The highest BCUT2D eigenvalue weighted by Gasteiger charge is 2.27. The summed E-state index contributed by atoms with van der Waals surface area (Å²) in [6, 6.07) is 8.08. The van der Waals surface area contributed by atoms with Crippen molar-refractivity contribution in [2.75, 3.05) is 11.9 Å². The molecule has 0 spiro atoms. The molecule has 0 bridgehead atoms. The van der Waals surface area contributed by atoms with Crippen LogP contribution in [0.5, 0.6) is 0 Å². The number of hydrogen-bond donors (Lipinski definition) is 1. The van der Waals surface area contributed by atoms with Gasteiger partial charge in [0.2, 0.25) is 5.91 Å². The van der Waals surface area contributed by atoms with Crippen LogP contribution in [0.1, 0.15) is 36.9 Å². The maximum absolute atomic E-state index is 11.7. The fraction of sp³-hybridized carbons (Fsp3) is 0.353. The van der Waals surface area contributed by atoms with Crippen LogP contribution in [0.3, 0.4) is 0 Å². The number of nitrogens with zero attached hydrogens (tertiary/aromatic N) is 3. The number of hydrogen-bond acceptors (Lipinski definition) is 4. The van der Waals surface area contributed by atoms with Crippen LogP contribution in [0.4, 0.5) is 11.6 Å². The Labute approximate surface area is 130 Å². The first kappa shape index (κ1) is 14.5. The second-order valence-electron chi connectivity index (χ2n) is 5.64. The van der Waals surface area contributed by atoms with Crippen LogP contribution in [0.25, 0.3) is 0 Å². The molecule has 2 aromatic heterocycles. The molecule has 0 saturated carbocycles. The van der Waals surface area contributed by atoms with Crippen LogP contribution in [0.2, 0.25) is 0 Å². The third kappa shape index (κ3) is 2.93. The van der Waals surface area contributed by atoms with Gasteiger partial charge < -0.3 is 10.2 Å². The Morgan fingerprint density at radius 2 is 2.18 bits per heavy atom. The summed E-state index contributed by atoms with van der Waals surface area (Å²) in [5.74, 6) is 1.70. The highest BCUT2D eigenvalue weighted by molar-refractivity contribution is 5.74. The van der Waals surface area contributed by atoms with Crippen molar-refractivity contribution in [2.24, 2.45) is 0 Å². The van der Waals surface area contributed by atoms with E-state index in [4.69, 9.17) is 0 Å². The Morgan fingerprint density at radius 3 is 2.95 bits per heavy atom. The Balaban J connectivity index is 1.84. The monoisotopic (exact) mass is 296 g/mol. The molecule has 3 heterocycles. The van der Waals surface area contributed by atoms with Crippen molar-refractivity contribution in [3.05, 3.63) is 47.8 Å². The largest absolute Gasteiger partial charge is 0.336 e. The first-order chi connectivity index (χ1) is 10.6. The predicted molar refractivity (Wildman–Crippen MR) is 85.9 cm³/mol. The molecule has 22 heavy (non-hydrogen) atoms. The number of likely N-dealkylation sites (tertiary alicyclic amines) is 1. The third-order valence-corrected chi connectivity index (χ3v) is 4.08. The summed E-state index contributed by atoms with van der Waals surface area (Å²) < 4.78 is 0. The highest BCUT2D eigenvalue weighted by atomic mass is 16.2. The molecule has 1 saturated heterocycles. The van der Waals surface area contributed by atoms with Gasteiger partial charge in [-0.25, -0.2) is 9.97 Å². The van der Waals surface area contributed by atoms with E-state index in [0.717, 1.165) is 42.1 Å². The zero-order valence-corrected chi connectivity index (χ0v) is 12.9. The number of carbonyl (C=O) groups is 1. The summed E-state index contributed by atoms with van der Waals surface area (Å²) >= 11 is 0. The molecule has 2 aromatic rings. The second-order valence-corrected chi connectivity index (χ2v) is 5.64. The van der Waals surface area contributed by atoms with E-state index in [1.54, 1.807) is 19.3 Å². The lowest BCUT2D eigenvalue weighted by Crippen LogP contribution is -2.28. The van der Waals surface area contributed by atoms with Gasteiger partial charge in [0.1, 0.15) is 11.6 Å². The molecule has 0 unspecified atom stereocenters. The summed E-state index contributed by atoms with van der Waals surface area (Å²) in [4.78, 5) is 22.4. The lowest BCUT2D eigenvalue weighted by Gasteiger charge is -2.24. The molecule has 0 radical (unpaired) electrons. The van der Waals surface area contributed by atoms with Gasteiger partial charge in [0.05, 0.1) is 6.04 Å². The number of nitrogens with one attached hydrogen (secondary N) is 1. The van der Waals surface area contributed by atoms with E-state index in [0.29, 0.717) is 0 Å². The Hall–Kier alpha value is -2.43. The molecule has 0 aromatic carbocycles. The first-order valence-electron chi connectivity index (χ1n) is 7.57. The van der Waals surface area contributed by atoms with Gasteiger partial charge in [-0.3, -0.25) is 4.79 Å². The smallest absolute Gasteiger partial charge is 0.219 e. The maximum Gasteiger partial charge on any atom is 0.219 e. The topological polar surface area (TPSA) is 58.1 Å². The molecular formula is C17H20N4O. The number of aryl methyl sites for hydroxylation is 1. The Kier molecular flexibility index (Phi) is 4.04. The molecule has 1 N–H and O–H groups in total. The van der Waals surface area contributed by atoms with Gasteiger partial charge in [-0.05, 0) is 49.1 Å². The van der Waals surface area contributed by atoms with Crippen LogP contribution in [0.15, 0.2) is 36.7 Å². The highest BCUT2D eigenvalue weighted by Crippen LogP contribution is 2.32. The molecule has 3 rings (SSSR count). The van der Waals surface area contributed by atoms with Gasteiger partial charge in [-0.15, -0.1) is 0 Å². The molecule has 1 fully saturated rings. The molecule has 114 valence electrons. The van der Waals surface area contributed by atoms with E-state index in [1.807, 2.05) is 36.1 Å². The van der Waals surface area contributed by atoms with Crippen molar-refractivity contribution in [2.45, 2.75) is 32.7 Å². The number of rotatable bonds is 3. The summed E-state index contributed by atoms with van der Waals surface area (Å²) in [7, 11) is 0. The lowest BCUT2D eigenvalue weighted by molar-refractivity contribution is -0.129. The van der Waals surface area contributed by atoms with Crippen LogP contribution in [-0.4, -0.2) is 27.3 Å². The van der Waals surface area contributed by atoms with Crippen LogP contribution < -0.4 is 5.32 Å². The Bertz CT molecular complexity index is 686. The molecule has 1 aliphatic rings. The fourth-order valence-corrected chi connectivity index (χ4v) is 2.95. The fourth-order valence-electron chi connectivity index (χ4n) is 2.95. The zero-order valence-electron chi connectivity index (χ0n) is 12.9. The molecular weight excluding hydrogens is 276 g/mol. The van der Waals surface area contributed by atoms with Crippen molar-refractivity contribution >= 4 is 17.5 Å². The summed E-state index contributed by atoms with van der Waals surface area (Å²) in [5.41, 5.74) is 2.19. The van der Waals surface area contributed by atoms with E-state index in [9.17, 15) is 4.79 Å². The van der Waals surface area contributed by atoms with Crippen molar-refractivity contribution in [1.29, 1.82) is 0 Å². The van der Waals surface area contributed by atoms with E-state index >= 15 is 0 Å². The molecule has 5 heteroatoms. The Morgan fingerprint density at radius 1 is 1.32 bits per heavy atom. The molecule has 1 atom stereocenters. The summed E-state index contributed by atoms with van der Waals surface area (Å²) in [5, 5.41) is 3.25. The SMILES string of the molecule is CC(=O)N1CCC[C@@H]1c1ccnc(Nc2ncccc2C)c1. The lowest BCUT2D eigenvalue weighted by atomic mass is 10.1. The van der Waals surface area contributed by atoms with Crippen LogP contribution in [-0.2, 0) is 4.79 Å². The number of anilines is 2. The molecule has 0 aliphatic carbocycles. The average molecular weight is 296 g/mol. The van der Waals surface area contributed by atoms with Crippen molar-refractivity contribution in [1.82, 2.24) is 14.9 Å². The summed E-state index contributed by atoms with van der Waals surface area (Å²) in [6.07, 6.45) is 5.60. The molecule has 1 amide bonds. The number of pyridine rings is 2. The van der Waals surface area contributed by atoms with Crippen LogP contribution >= 0.6 is 0 Å². The van der Waals surface area contributed by atoms with Crippen molar-refractivity contribution < 1.29 is 4.79 Å². The molecule has 1 aliphatic heterocycles. The van der Waals surface area contributed by atoms with E-state index in [-0.39, 0.29) is 11.9 Å². The van der Waals surface area contributed by atoms with Gasteiger partial charge in [-0.2, -0.15) is 0 Å². The standard InChI is InChI=1S/C17H20N4O/c1-12-5-3-8-19-17(12)20-16-11-14(7-9-18-16)15-6-4-10-21(15)13(2)22/h3,5,7-9,11,15H,4,6,10H2,1-2H3,(H,18,19,20)/t15-/m1/s1. The summed E-state index contributed by atoms with van der Waals surface area (Å²) in [6.45, 7) is 4.48. The molecule has 5 nitrogen and oxygen atoms in total. The number of carbonyl (C=O) groups excluding carboxylic acids is 1. The van der Waals surface area contributed by atoms with Gasteiger partial charge in [0.25, 0.3) is 0 Å². The second kappa shape index (κ2) is 6.13. The third-order valence-electron chi connectivity index (χ3n) is 4.08. The van der Waals surface area contributed by atoms with Gasteiger partial charge >= 0.3 is 0 Å². The number of aromatic nitrogens is 2. The van der Waals surface area contributed by atoms with Gasteiger partial charge in [0.15, 0.2) is 0 Å². The predicted octanol–water partition coefficient (Wildman–Crippen LogP) is 3.21. The van der Waals surface area contributed by atoms with Crippen LogP contribution in [0, 0.1) is 6.92 Å². The normalized spacial score (nSPS) is 17.5. The van der Waals surface area contributed by atoms with Crippen molar-refractivity contribution in [3.63, 3.8) is 0 Å².